The first kappa shape index (κ1) is 39.3. The SMILES string of the molecule is CC(O)C1C(=O)N2C(C(=O)O)=C(CN(C)CC(=O)N(CCCNC(=O)c3ccc(O)c(O)c3F)CCCNC(=O)c3ccc(O)c(O)c3F)C(C)[C@H]12. The fourth-order valence-electron chi connectivity index (χ4n) is 6.49. The zero-order chi connectivity index (χ0) is 38.6. The molecule has 0 spiro atoms. The van der Waals surface area contributed by atoms with Crippen molar-refractivity contribution in [2.75, 3.05) is 46.3 Å². The third kappa shape index (κ3) is 8.02. The number of aliphatic carboxylic acids is 1. The number of carboxylic acid groups (broad SMARTS) is 1. The van der Waals surface area contributed by atoms with Crippen LogP contribution in [0.5, 0.6) is 23.0 Å². The molecule has 0 radical (unpaired) electrons. The Hall–Kier alpha value is -5.49. The van der Waals surface area contributed by atoms with Crippen molar-refractivity contribution in [2.45, 2.75) is 38.8 Å². The summed E-state index contributed by atoms with van der Waals surface area (Å²) in [7, 11) is 1.59. The number of aliphatic hydroxyl groups excluding tert-OH is 1. The summed E-state index contributed by atoms with van der Waals surface area (Å²) in [5.74, 6) is -11.4. The van der Waals surface area contributed by atoms with Crippen LogP contribution in [0.25, 0.3) is 0 Å². The number of nitrogens with one attached hydrogen (secondary N) is 2. The Kier molecular flexibility index (Phi) is 12.3. The van der Waals surface area contributed by atoms with Crippen LogP contribution in [-0.4, -0.2) is 133 Å². The largest absolute Gasteiger partial charge is 0.504 e. The van der Waals surface area contributed by atoms with E-state index in [1.807, 2.05) is 0 Å². The van der Waals surface area contributed by atoms with Gasteiger partial charge < -0.3 is 51.1 Å². The molecule has 4 rings (SSSR count). The predicted octanol–water partition coefficient (Wildman–Crippen LogP) is 0.684. The molecular formula is C34H41F2N5O11. The number of rotatable bonds is 16. The van der Waals surface area contributed by atoms with Gasteiger partial charge in [0.15, 0.2) is 34.6 Å². The lowest BCUT2D eigenvalue weighted by Crippen LogP contribution is -2.63. The first-order chi connectivity index (χ1) is 24.5. The van der Waals surface area contributed by atoms with Gasteiger partial charge in [0.25, 0.3) is 11.8 Å². The number of halogens is 2. The van der Waals surface area contributed by atoms with Gasteiger partial charge in [0, 0.05) is 38.6 Å². The highest BCUT2D eigenvalue weighted by Gasteiger charge is 2.59. The van der Waals surface area contributed by atoms with Crippen LogP contribution in [0.15, 0.2) is 35.5 Å². The molecule has 282 valence electrons. The highest BCUT2D eigenvalue weighted by Crippen LogP contribution is 2.47. The second kappa shape index (κ2) is 16.2. The molecule has 0 saturated carbocycles. The van der Waals surface area contributed by atoms with Crippen LogP contribution < -0.4 is 10.6 Å². The van der Waals surface area contributed by atoms with E-state index in [1.54, 1.807) is 18.9 Å². The molecule has 4 amide bonds. The zero-order valence-corrected chi connectivity index (χ0v) is 28.6. The maximum Gasteiger partial charge on any atom is 0.352 e. The lowest BCUT2D eigenvalue weighted by Gasteiger charge is -2.46. The molecule has 4 atom stereocenters. The molecule has 2 aromatic rings. The average molecular weight is 734 g/mol. The number of benzene rings is 2. The minimum atomic E-state index is -1.31. The van der Waals surface area contributed by atoms with Crippen molar-refractivity contribution in [3.05, 3.63) is 58.3 Å². The second-order valence-electron chi connectivity index (χ2n) is 12.8. The van der Waals surface area contributed by atoms with Gasteiger partial charge in [-0.05, 0) is 56.7 Å². The quantitative estimate of drug-likeness (QED) is 0.0676. The van der Waals surface area contributed by atoms with E-state index in [1.165, 1.54) is 16.7 Å². The number of fused-ring (bicyclic) bond motifs is 1. The normalized spacial score (nSPS) is 18.6. The van der Waals surface area contributed by atoms with Crippen molar-refractivity contribution >= 4 is 29.6 Å². The van der Waals surface area contributed by atoms with E-state index in [4.69, 9.17) is 0 Å². The lowest BCUT2D eigenvalue weighted by atomic mass is 9.77. The number of aromatic hydroxyl groups is 4. The summed E-state index contributed by atoms with van der Waals surface area (Å²) < 4.78 is 28.5. The Balaban J connectivity index is 1.40. The fraction of sp³-hybridized carbons (Fsp3) is 0.441. The Bertz CT molecular complexity index is 1710. The van der Waals surface area contributed by atoms with Gasteiger partial charge in [0.2, 0.25) is 11.8 Å². The van der Waals surface area contributed by atoms with Crippen LogP contribution in [-0.2, 0) is 14.4 Å². The van der Waals surface area contributed by atoms with Crippen LogP contribution in [0.1, 0.15) is 47.4 Å². The number of nitrogens with zero attached hydrogens (tertiary/aromatic N) is 3. The maximum absolute atomic E-state index is 14.3. The molecule has 2 heterocycles. The van der Waals surface area contributed by atoms with Gasteiger partial charge in [-0.15, -0.1) is 0 Å². The minimum absolute atomic E-state index is 0.0113. The van der Waals surface area contributed by atoms with E-state index >= 15 is 0 Å². The van der Waals surface area contributed by atoms with E-state index in [9.17, 15) is 63.4 Å². The minimum Gasteiger partial charge on any atom is -0.504 e. The van der Waals surface area contributed by atoms with Crippen molar-refractivity contribution < 1.29 is 63.4 Å². The van der Waals surface area contributed by atoms with Gasteiger partial charge in [-0.3, -0.25) is 24.1 Å². The van der Waals surface area contributed by atoms with Crippen LogP contribution >= 0.6 is 0 Å². The van der Waals surface area contributed by atoms with Crippen LogP contribution in [0.2, 0.25) is 0 Å². The number of amides is 4. The molecular weight excluding hydrogens is 692 g/mol. The monoisotopic (exact) mass is 733 g/mol. The summed E-state index contributed by atoms with van der Waals surface area (Å²) in [5, 5.41) is 63.0. The van der Waals surface area contributed by atoms with Gasteiger partial charge in [-0.25, -0.2) is 13.6 Å². The lowest BCUT2D eigenvalue weighted by molar-refractivity contribution is -0.163. The number of carbonyl (C=O) groups is 5. The fourth-order valence-corrected chi connectivity index (χ4v) is 6.49. The third-order valence-electron chi connectivity index (χ3n) is 9.18. The zero-order valence-electron chi connectivity index (χ0n) is 28.6. The molecule has 2 aliphatic heterocycles. The number of phenolic OH excluding ortho intramolecular Hbond substituents is 4. The smallest absolute Gasteiger partial charge is 0.352 e. The molecule has 52 heavy (non-hydrogen) atoms. The molecule has 16 nitrogen and oxygen atoms in total. The Morgan fingerprint density at radius 3 is 1.81 bits per heavy atom. The molecule has 2 aromatic carbocycles. The van der Waals surface area contributed by atoms with Crippen molar-refractivity contribution in [3.63, 3.8) is 0 Å². The number of carboxylic acids is 1. The number of hydrogen-bond acceptors (Lipinski definition) is 11. The first-order valence-electron chi connectivity index (χ1n) is 16.4. The number of hydrogen-bond donors (Lipinski definition) is 8. The van der Waals surface area contributed by atoms with Crippen molar-refractivity contribution in [3.8, 4) is 23.0 Å². The molecule has 0 bridgehead atoms. The van der Waals surface area contributed by atoms with Gasteiger partial charge in [0.1, 0.15) is 5.70 Å². The molecule has 2 aliphatic rings. The van der Waals surface area contributed by atoms with Gasteiger partial charge in [-0.1, -0.05) is 6.92 Å². The number of aliphatic hydroxyl groups is 1. The van der Waals surface area contributed by atoms with E-state index in [-0.39, 0.29) is 57.8 Å². The topological polar surface area (TPSA) is 241 Å². The molecule has 1 fully saturated rings. The van der Waals surface area contributed by atoms with Crippen molar-refractivity contribution in [1.29, 1.82) is 0 Å². The average Bonchev–Trinajstić information content (AvgIpc) is 3.32. The molecule has 0 aromatic heterocycles. The molecule has 0 aliphatic carbocycles. The Morgan fingerprint density at radius 1 is 0.885 bits per heavy atom. The van der Waals surface area contributed by atoms with Crippen LogP contribution in [0.3, 0.4) is 0 Å². The standard InChI is InChI=1S/C34H41F2N5O11/c1-16-20(28(34(51)52)41-27(16)24(17(2)42)33(41)50)14-39(3)15-23(45)40(12-4-10-37-31(48)18-6-8-21(43)29(46)25(18)35)13-5-11-38-32(49)19-7-9-22(44)30(47)26(19)36/h6-9,16-17,24,27,42-44,46-47H,4-5,10-15H2,1-3H3,(H,37,48)(H,38,49)(H,51,52)/t16?,17?,24?,27-/m1/s1. The number of carbonyl (C=O) groups excluding carboxylic acids is 4. The van der Waals surface area contributed by atoms with Gasteiger partial charge >= 0.3 is 5.97 Å². The summed E-state index contributed by atoms with van der Waals surface area (Å²) in [6, 6.07) is 3.36. The van der Waals surface area contributed by atoms with Gasteiger partial charge in [0.05, 0.1) is 35.7 Å². The maximum atomic E-state index is 14.3. The number of β-lactam (4-membered cyclic amide) rings is 1. The highest BCUT2D eigenvalue weighted by molar-refractivity contribution is 6.00. The number of likely N-dealkylation sites (N-methyl/N-ethyl adjacent to an activating group) is 1. The summed E-state index contributed by atoms with van der Waals surface area (Å²) in [5.41, 5.74) is -0.789. The van der Waals surface area contributed by atoms with Crippen molar-refractivity contribution in [2.24, 2.45) is 11.8 Å². The summed E-state index contributed by atoms with van der Waals surface area (Å²) in [6.07, 6.45) is -0.642. The van der Waals surface area contributed by atoms with Crippen molar-refractivity contribution in [1.82, 2.24) is 25.3 Å². The molecule has 1 saturated heterocycles. The first-order valence-corrected chi connectivity index (χ1v) is 16.4. The third-order valence-corrected chi connectivity index (χ3v) is 9.18. The molecule has 3 unspecified atom stereocenters. The molecule has 18 heteroatoms. The van der Waals surface area contributed by atoms with E-state index in [0.717, 1.165) is 24.3 Å². The summed E-state index contributed by atoms with van der Waals surface area (Å²) in [4.78, 5) is 67.6. The van der Waals surface area contributed by atoms with Crippen LogP contribution in [0.4, 0.5) is 8.78 Å². The summed E-state index contributed by atoms with van der Waals surface area (Å²) in [6.45, 7) is 3.06. The highest BCUT2D eigenvalue weighted by atomic mass is 19.1. The Labute approximate surface area is 296 Å². The van der Waals surface area contributed by atoms with E-state index < -0.39 is 99.3 Å². The number of phenols is 4. The van der Waals surface area contributed by atoms with E-state index in [0.29, 0.717) is 5.57 Å². The second-order valence-corrected chi connectivity index (χ2v) is 12.8. The van der Waals surface area contributed by atoms with Gasteiger partial charge in [-0.2, -0.15) is 0 Å². The Morgan fingerprint density at radius 2 is 1.37 bits per heavy atom. The van der Waals surface area contributed by atoms with E-state index in [2.05, 4.69) is 10.6 Å². The summed E-state index contributed by atoms with van der Waals surface area (Å²) >= 11 is 0. The molecule has 8 N–H and O–H groups in total. The van der Waals surface area contributed by atoms with Crippen LogP contribution in [0, 0.1) is 23.5 Å². The predicted molar refractivity (Wildman–Crippen MR) is 177 cm³/mol.